The van der Waals surface area contributed by atoms with Crippen molar-refractivity contribution in [1.82, 2.24) is 15.5 Å². The smallest absolute Gasteiger partial charge is 0.246 e. The van der Waals surface area contributed by atoms with E-state index in [-0.39, 0.29) is 84.3 Å². The van der Waals surface area contributed by atoms with Crippen molar-refractivity contribution in [1.29, 1.82) is 0 Å². The molecule has 4 unspecified atom stereocenters. The maximum Gasteiger partial charge on any atom is 0.246 e. The molecule has 3 saturated carbocycles. The lowest BCUT2D eigenvalue weighted by Gasteiger charge is -2.59. The van der Waals surface area contributed by atoms with Crippen LogP contribution in [-0.4, -0.2) is 110 Å². The molecule has 0 spiro atoms. The van der Waals surface area contributed by atoms with Crippen LogP contribution in [0.4, 0.5) is 10.1 Å². The molecule has 16 nitrogen and oxygen atoms in total. The molecule has 0 aromatic heterocycles. The predicted molar refractivity (Wildman–Crippen MR) is 255 cm³/mol. The quantitative estimate of drug-likeness (QED) is 0.141. The van der Waals surface area contributed by atoms with Crippen LogP contribution in [0.2, 0.25) is 0 Å². The molecular weight excluding hydrogens is 924 g/mol. The van der Waals surface area contributed by atoms with Crippen molar-refractivity contribution in [3.8, 4) is 5.75 Å². The number of ether oxygens (including phenoxy) is 3. The number of carbonyl (C=O) groups is 7. The molecule has 376 valence electrons. The number of thioether (sulfide) groups is 1. The van der Waals surface area contributed by atoms with Crippen molar-refractivity contribution in [3.05, 3.63) is 82.7 Å². The van der Waals surface area contributed by atoms with E-state index in [1.165, 1.54) is 31.7 Å². The van der Waals surface area contributed by atoms with Gasteiger partial charge in [0.2, 0.25) is 29.5 Å². The minimum Gasteiger partial charge on any atom is -0.486 e. The minimum absolute atomic E-state index is 0.0406. The van der Waals surface area contributed by atoms with Gasteiger partial charge in [0.15, 0.2) is 35.0 Å². The van der Waals surface area contributed by atoms with Gasteiger partial charge in [-0.3, -0.25) is 38.5 Å². The number of rotatable bonds is 16. The number of aliphatic hydroxyl groups excluding tert-OH is 2. The zero-order valence-corrected chi connectivity index (χ0v) is 41.4. The molecule has 18 heteroatoms. The molecule has 2 saturated heterocycles. The van der Waals surface area contributed by atoms with Gasteiger partial charge in [0.1, 0.15) is 25.3 Å². The lowest BCUT2D eigenvalue weighted by Crippen LogP contribution is -2.63. The minimum atomic E-state index is -1.68. The van der Waals surface area contributed by atoms with Crippen LogP contribution in [0.25, 0.3) is 0 Å². The molecular formula is C52H63FN4O12S. The Hall–Kier alpha value is -5.27. The summed E-state index contributed by atoms with van der Waals surface area (Å²) in [5, 5.41) is 30.0. The molecule has 5 N–H and O–H groups in total. The molecule has 2 heterocycles. The van der Waals surface area contributed by atoms with E-state index >= 15 is 4.39 Å². The van der Waals surface area contributed by atoms with Gasteiger partial charge in [-0.1, -0.05) is 57.5 Å². The van der Waals surface area contributed by atoms with E-state index in [4.69, 9.17) is 14.2 Å². The van der Waals surface area contributed by atoms with Crippen molar-refractivity contribution in [2.75, 3.05) is 18.5 Å². The second-order valence-electron chi connectivity index (χ2n) is 20.5. The van der Waals surface area contributed by atoms with E-state index < -0.39 is 88.2 Å². The summed E-state index contributed by atoms with van der Waals surface area (Å²) in [6, 6.07) is 7.74. The topological polar surface area (TPSA) is 227 Å². The summed E-state index contributed by atoms with van der Waals surface area (Å²) < 4.78 is 36.0. The van der Waals surface area contributed by atoms with E-state index in [0.717, 1.165) is 10.5 Å². The number of amides is 5. The zero-order valence-electron chi connectivity index (χ0n) is 40.5. The SMILES string of the molecule is Cc1ccc(OCc2cccc(NC(=O)C(C)NC(=O)C(C)NC(=O)CCN3C(=O)CC(SC(C)C)C3=O)c2)c(F)c1C1O[C@@H]2C[C@H]3[C@@H]4CCC5=CC(=O)C=C[C@]5(C)[C@H]4[C@@H](O)C[C@]3(C)[C@]2(C(=O)CO)O1. The standard InChI is InChI=1S/C52H63FN4O12S/c1-26(2)70-38-22-42(63)57(48(38)66)18-16-41(62)54-28(4)46(64)55-29(5)47(65)56-32-10-8-9-30(19-32)25-67-37-14-11-27(3)43(45(37)53)49-68-40-21-35-34-13-12-31-20-33(59)15-17-50(31,6)44(34)36(60)23-51(35,7)52(40,69-49)39(61)24-58/h8-11,14-15,17,19-20,26,28-29,34-36,38,40,44,49,58,60H,12-13,16,18,21-25H2,1-7H3,(H,54,62)(H,55,64)(H,56,65)/t28?,29?,34-,35-,36-,38?,40+,44+,49?,50-,51-,52+/m0/s1. The first-order valence-corrected chi connectivity index (χ1v) is 25.1. The number of anilines is 1. The third-order valence-corrected chi connectivity index (χ3v) is 16.9. The number of Topliss-reactive ketones (excluding diaryl/α,β-unsaturated/α-hetero) is 1. The van der Waals surface area contributed by atoms with E-state index in [1.807, 2.05) is 26.8 Å². The van der Waals surface area contributed by atoms with Gasteiger partial charge < -0.3 is 40.4 Å². The van der Waals surface area contributed by atoms with Crippen LogP contribution >= 0.6 is 11.8 Å². The Morgan fingerprint density at radius 1 is 1.03 bits per heavy atom. The maximum atomic E-state index is 16.7. The van der Waals surface area contributed by atoms with Gasteiger partial charge in [-0.25, -0.2) is 4.39 Å². The normalized spacial score (nSPS) is 31.8. The van der Waals surface area contributed by atoms with Crippen LogP contribution < -0.4 is 20.7 Å². The maximum absolute atomic E-state index is 16.7. The van der Waals surface area contributed by atoms with Gasteiger partial charge in [-0.15, -0.1) is 11.8 Å². The first kappa shape index (κ1) is 51.1. The predicted octanol–water partition coefficient (Wildman–Crippen LogP) is 4.92. The number of nitrogens with one attached hydrogen (secondary N) is 3. The number of hydrogen-bond acceptors (Lipinski definition) is 13. The first-order chi connectivity index (χ1) is 33.1. The summed E-state index contributed by atoms with van der Waals surface area (Å²) >= 11 is 1.40. The Morgan fingerprint density at radius 3 is 2.50 bits per heavy atom. The third-order valence-electron chi connectivity index (χ3n) is 15.7. The molecule has 4 aliphatic carbocycles. The highest BCUT2D eigenvalue weighted by atomic mass is 32.2. The lowest BCUT2D eigenvalue weighted by molar-refractivity contribution is -0.201. The molecule has 5 fully saturated rings. The molecule has 8 rings (SSSR count). The second-order valence-corrected chi connectivity index (χ2v) is 22.2. The van der Waals surface area contributed by atoms with Gasteiger partial charge in [0.05, 0.1) is 23.0 Å². The molecule has 70 heavy (non-hydrogen) atoms. The number of halogens is 1. The zero-order chi connectivity index (χ0) is 50.6. The first-order valence-electron chi connectivity index (χ1n) is 24.1. The van der Waals surface area contributed by atoms with Gasteiger partial charge >= 0.3 is 0 Å². The van der Waals surface area contributed by atoms with Crippen LogP contribution in [-0.2, 0) is 49.6 Å². The van der Waals surface area contributed by atoms with E-state index in [2.05, 4.69) is 22.9 Å². The van der Waals surface area contributed by atoms with Crippen molar-refractivity contribution in [2.24, 2.45) is 28.6 Å². The number of ketones is 2. The molecule has 12 atom stereocenters. The average Bonchev–Trinajstić information content (AvgIpc) is 3.89. The van der Waals surface area contributed by atoms with Crippen LogP contribution in [0.15, 0.2) is 60.2 Å². The largest absolute Gasteiger partial charge is 0.486 e. The van der Waals surface area contributed by atoms with Gasteiger partial charge in [0.25, 0.3) is 0 Å². The number of aliphatic hydroxyl groups is 2. The number of carbonyl (C=O) groups excluding carboxylic acids is 7. The van der Waals surface area contributed by atoms with Crippen LogP contribution in [0, 0.1) is 41.3 Å². The number of likely N-dealkylation sites (tertiary alicyclic amines) is 1. The highest BCUT2D eigenvalue weighted by molar-refractivity contribution is 8.01. The van der Waals surface area contributed by atoms with Crippen LogP contribution in [0.1, 0.15) is 103 Å². The van der Waals surface area contributed by atoms with Gasteiger partial charge in [-0.05, 0) is 105 Å². The molecule has 6 aliphatic rings. The monoisotopic (exact) mass is 986 g/mol. The van der Waals surface area contributed by atoms with E-state index in [0.29, 0.717) is 36.1 Å². The van der Waals surface area contributed by atoms with Crippen molar-refractivity contribution in [3.63, 3.8) is 0 Å². The van der Waals surface area contributed by atoms with Gasteiger partial charge in [-0.2, -0.15) is 0 Å². The Bertz CT molecular complexity index is 2550. The summed E-state index contributed by atoms with van der Waals surface area (Å²) in [4.78, 5) is 91.3. The molecule has 0 bridgehead atoms. The molecule has 0 radical (unpaired) electrons. The summed E-state index contributed by atoms with van der Waals surface area (Å²) in [6.45, 7) is 11.4. The third kappa shape index (κ3) is 9.14. The Morgan fingerprint density at radius 2 is 1.77 bits per heavy atom. The molecule has 2 aromatic rings. The highest BCUT2D eigenvalue weighted by Crippen LogP contribution is 2.70. The molecule has 2 aromatic carbocycles. The molecule has 5 amide bonds. The molecule has 2 aliphatic heterocycles. The summed E-state index contributed by atoms with van der Waals surface area (Å²) in [6.07, 6.45) is 3.95. The lowest BCUT2D eigenvalue weighted by atomic mass is 9.46. The van der Waals surface area contributed by atoms with Crippen LogP contribution in [0.5, 0.6) is 5.75 Å². The number of allylic oxidation sites excluding steroid dienone is 4. The second kappa shape index (κ2) is 19.7. The summed E-state index contributed by atoms with van der Waals surface area (Å²) in [5.41, 5.74) is -0.736. The number of imide groups is 1. The highest BCUT2D eigenvalue weighted by Gasteiger charge is 2.76. The fourth-order valence-electron chi connectivity index (χ4n) is 12.4. The number of nitrogens with zero attached hydrogens (tertiary/aromatic N) is 1. The van der Waals surface area contributed by atoms with Gasteiger partial charge in [0, 0.05) is 41.8 Å². The van der Waals surface area contributed by atoms with Crippen molar-refractivity contribution < 1.29 is 62.4 Å². The number of aryl methyl sites for hydroxylation is 1. The Labute approximate surface area is 410 Å². The number of hydrogen-bond donors (Lipinski definition) is 5. The van der Waals surface area contributed by atoms with E-state index in [9.17, 15) is 43.8 Å². The van der Waals surface area contributed by atoms with E-state index in [1.54, 1.807) is 49.4 Å². The number of fused-ring (bicyclic) bond motifs is 7. The summed E-state index contributed by atoms with van der Waals surface area (Å²) in [7, 11) is 0. The summed E-state index contributed by atoms with van der Waals surface area (Å²) in [5.74, 6) is -4.32. The fourth-order valence-corrected chi connectivity index (χ4v) is 13.5. The average molecular weight is 987 g/mol. The number of benzene rings is 2. The van der Waals surface area contributed by atoms with Crippen LogP contribution in [0.3, 0.4) is 0 Å². The Kier molecular flexibility index (Phi) is 14.4. The van der Waals surface area contributed by atoms with Crippen molar-refractivity contribution in [2.45, 2.75) is 140 Å². The van der Waals surface area contributed by atoms with Crippen molar-refractivity contribution >= 4 is 58.6 Å². The Balaban J connectivity index is 0.874. The fraction of sp³-hybridized carbons (Fsp3) is 0.558.